The topological polar surface area (TPSA) is 29.1 Å². The number of thiophene rings is 1. The Morgan fingerprint density at radius 2 is 2.05 bits per heavy atom. The van der Waals surface area contributed by atoms with Crippen LogP contribution >= 0.6 is 11.3 Å². The fraction of sp³-hybridized carbons (Fsp3) is 0.267. The number of hydrogen-bond donors (Lipinski definition) is 1. The average molecular weight is 313 g/mol. The van der Waals surface area contributed by atoms with Gasteiger partial charge in [0.05, 0.1) is 5.56 Å². The molecule has 1 amide bonds. The third-order valence-corrected chi connectivity index (χ3v) is 3.78. The van der Waals surface area contributed by atoms with Crippen LogP contribution in [0, 0.1) is 6.92 Å². The van der Waals surface area contributed by atoms with E-state index in [2.05, 4.69) is 5.32 Å². The van der Waals surface area contributed by atoms with Gasteiger partial charge in [0.15, 0.2) is 0 Å². The first kappa shape index (κ1) is 15.6. The molecule has 0 radical (unpaired) electrons. The van der Waals surface area contributed by atoms with Gasteiger partial charge in [0.25, 0.3) is 0 Å². The smallest absolute Gasteiger partial charge is 0.326 e. The monoisotopic (exact) mass is 313 g/mol. The molecule has 2 nitrogen and oxygen atoms in total. The van der Waals surface area contributed by atoms with E-state index < -0.39 is 11.7 Å². The second kappa shape index (κ2) is 6.30. The lowest BCUT2D eigenvalue weighted by atomic mass is 10.1. The highest BCUT2D eigenvalue weighted by molar-refractivity contribution is 7.07. The SMILES string of the molecule is Cc1ccc(NC(=O)CCc2ccsc2)cc1C(F)(F)F. The Balaban J connectivity index is 2.01. The van der Waals surface area contributed by atoms with Gasteiger partial charge in [-0.1, -0.05) is 6.07 Å². The van der Waals surface area contributed by atoms with Crippen molar-refractivity contribution in [2.75, 3.05) is 5.32 Å². The molecule has 0 saturated heterocycles. The second-order valence-corrected chi connectivity index (χ2v) is 5.49. The zero-order chi connectivity index (χ0) is 15.5. The van der Waals surface area contributed by atoms with Crippen molar-refractivity contribution in [3.8, 4) is 0 Å². The zero-order valence-electron chi connectivity index (χ0n) is 11.3. The van der Waals surface area contributed by atoms with E-state index in [0.717, 1.165) is 11.6 Å². The van der Waals surface area contributed by atoms with E-state index in [9.17, 15) is 18.0 Å². The molecule has 2 rings (SSSR count). The largest absolute Gasteiger partial charge is 0.416 e. The van der Waals surface area contributed by atoms with Crippen LogP contribution in [0.3, 0.4) is 0 Å². The van der Waals surface area contributed by atoms with Crippen LogP contribution in [0.2, 0.25) is 0 Å². The molecule has 2 aromatic rings. The number of hydrogen-bond acceptors (Lipinski definition) is 2. The minimum atomic E-state index is -4.42. The van der Waals surface area contributed by atoms with Crippen molar-refractivity contribution in [2.24, 2.45) is 0 Å². The van der Waals surface area contributed by atoms with E-state index in [0.29, 0.717) is 6.42 Å². The van der Waals surface area contributed by atoms with Crippen LogP contribution in [0.25, 0.3) is 0 Å². The van der Waals surface area contributed by atoms with E-state index in [4.69, 9.17) is 0 Å². The van der Waals surface area contributed by atoms with Gasteiger partial charge in [-0.15, -0.1) is 0 Å². The minimum absolute atomic E-state index is 0.138. The van der Waals surface area contributed by atoms with Crippen LogP contribution < -0.4 is 5.32 Å². The molecular formula is C15H14F3NOS. The Labute approximate surface area is 124 Å². The van der Waals surface area contributed by atoms with Crippen LogP contribution in [0.4, 0.5) is 18.9 Å². The Morgan fingerprint density at radius 3 is 2.67 bits per heavy atom. The third-order valence-electron chi connectivity index (χ3n) is 3.05. The molecule has 0 spiro atoms. The molecule has 1 N–H and O–H groups in total. The summed E-state index contributed by atoms with van der Waals surface area (Å²) in [6, 6.07) is 5.73. The molecule has 0 fully saturated rings. The molecule has 0 saturated carbocycles. The van der Waals surface area contributed by atoms with Gasteiger partial charge in [-0.2, -0.15) is 24.5 Å². The Hall–Kier alpha value is -1.82. The van der Waals surface area contributed by atoms with Crippen molar-refractivity contribution in [3.63, 3.8) is 0 Å². The fourth-order valence-corrected chi connectivity index (χ4v) is 2.62. The maximum absolute atomic E-state index is 12.8. The maximum atomic E-state index is 12.8. The van der Waals surface area contributed by atoms with Crippen molar-refractivity contribution in [1.29, 1.82) is 0 Å². The van der Waals surface area contributed by atoms with Gasteiger partial charge in [-0.05, 0) is 53.4 Å². The first-order valence-electron chi connectivity index (χ1n) is 6.35. The number of halogens is 3. The molecule has 0 atom stereocenters. The molecule has 0 bridgehead atoms. The molecule has 0 unspecified atom stereocenters. The summed E-state index contributed by atoms with van der Waals surface area (Å²) >= 11 is 1.54. The maximum Gasteiger partial charge on any atom is 0.416 e. The quantitative estimate of drug-likeness (QED) is 0.875. The fourth-order valence-electron chi connectivity index (χ4n) is 1.92. The first-order chi connectivity index (χ1) is 9.86. The lowest BCUT2D eigenvalue weighted by Crippen LogP contribution is -2.14. The van der Waals surface area contributed by atoms with Crippen molar-refractivity contribution in [2.45, 2.75) is 25.9 Å². The van der Waals surface area contributed by atoms with E-state index in [1.807, 2.05) is 16.8 Å². The highest BCUT2D eigenvalue weighted by atomic mass is 32.1. The minimum Gasteiger partial charge on any atom is -0.326 e. The number of amides is 1. The summed E-state index contributed by atoms with van der Waals surface area (Å²) < 4.78 is 38.4. The Morgan fingerprint density at radius 1 is 1.29 bits per heavy atom. The van der Waals surface area contributed by atoms with Gasteiger partial charge in [0, 0.05) is 12.1 Å². The average Bonchev–Trinajstić information content (AvgIpc) is 2.90. The number of nitrogens with one attached hydrogen (secondary N) is 1. The predicted octanol–water partition coefficient (Wildman–Crippen LogP) is 4.65. The van der Waals surface area contributed by atoms with Crippen molar-refractivity contribution >= 4 is 22.9 Å². The lowest BCUT2D eigenvalue weighted by Gasteiger charge is -2.12. The van der Waals surface area contributed by atoms with E-state index >= 15 is 0 Å². The van der Waals surface area contributed by atoms with Crippen LogP contribution in [0.15, 0.2) is 35.0 Å². The van der Waals surface area contributed by atoms with Crippen molar-refractivity contribution < 1.29 is 18.0 Å². The van der Waals surface area contributed by atoms with Gasteiger partial charge < -0.3 is 5.32 Å². The molecule has 0 aliphatic heterocycles. The zero-order valence-corrected chi connectivity index (χ0v) is 12.1. The normalized spacial score (nSPS) is 11.4. The van der Waals surface area contributed by atoms with Crippen molar-refractivity contribution in [1.82, 2.24) is 0 Å². The van der Waals surface area contributed by atoms with E-state index in [1.54, 1.807) is 11.3 Å². The number of aryl methyl sites for hydroxylation is 2. The van der Waals surface area contributed by atoms with Gasteiger partial charge in [0.2, 0.25) is 5.91 Å². The summed E-state index contributed by atoms with van der Waals surface area (Å²) in [7, 11) is 0. The molecule has 1 aromatic heterocycles. The van der Waals surface area contributed by atoms with E-state index in [1.165, 1.54) is 19.1 Å². The standard InChI is InChI=1S/C15H14F3NOS/c1-10-2-4-12(8-13(10)15(16,17)18)19-14(20)5-3-11-6-7-21-9-11/h2,4,6-9H,3,5H2,1H3,(H,19,20). The summed E-state index contributed by atoms with van der Waals surface area (Å²) in [5.41, 5.74) is 0.634. The molecular weight excluding hydrogens is 299 g/mol. The number of carbonyl (C=O) groups excluding carboxylic acids is 1. The summed E-state index contributed by atoms with van der Waals surface area (Å²) in [4.78, 5) is 11.8. The summed E-state index contributed by atoms with van der Waals surface area (Å²) in [5, 5.41) is 6.37. The predicted molar refractivity (Wildman–Crippen MR) is 77.5 cm³/mol. The van der Waals surface area contributed by atoms with Gasteiger partial charge in [0.1, 0.15) is 0 Å². The molecule has 112 valence electrons. The summed E-state index contributed by atoms with van der Waals surface area (Å²) in [5.74, 6) is -0.293. The van der Waals surface area contributed by atoms with Crippen LogP contribution in [0.1, 0.15) is 23.1 Å². The number of anilines is 1. The Kier molecular flexibility index (Phi) is 4.67. The molecule has 21 heavy (non-hydrogen) atoms. The number of benzene rings is 1. The van der Waals surface area contributed by atoms with Crippen LogP contribution in [-0.4, -0.2) is 5.91 Å². The number of rotatable bonds is 4. The second-order valence-electron chi connectivity index (χ2n) is 4.71. The van der Waals surface area contributed by atoms with Crippen LogP contribution in [0.5, 0.6) is 0 Å². The highest BCUT2D eigenvalue weighted by Gasteiger charge is 2.32. The lowest BCUT2D eigenvalue weighted by molar-refractivity contribution is -0.138. The number of alkyl halides is 3. The molecule has 0 aliphatic carbocycles. The third kappa shape index (κ3) is 4.32. The van der Waals surface area contributed by atoms with Gasteiger partial charge in [-0.25, -0.2) is 0 Å². The highest BCUT2D eigenvalue weighted by Crippen LogP contribution is 2.33. The van der Waals surface area contributed by atoms with Gasteiger partial charge in [-0.3, -0.25) is 4.79 Å². The molecule has 0 aliphatic rings. The van der Waals surface area contributed by atoms with E-state index in [-0.39, 0.29) is 23.6 Å². The van der Waals surface area contributed by atoms with Crippen molar-refractivity contribution in [3.05, 3.63) is 51.7 Å². The first-order valence-corrected chi connectivity index (χ1v) is 7.29. The molecule has 6 heteroatoms. The summed E-state index contributed by atoms with van der Waals surface area (Å²) in [6.45, 7) is 1.39. The molecule has 1 aromatic carbocycles. The molecule has 1 heterocycles. The summed E-state index contributed by atoms with van der Waals surface area (Å²) in [6.07, 6.45) is -3.60. The Bertz CT molecular complexity index is 620. The number of carbonyl (C=O) groups is 1. The van der Waals surface area contributed by atoms with Crippen LogP contribution in [-0.2, 0) is 17.4 Å². The van der Waals surface area contributed by atoms with Gasteiger partial charge >= 0.3 is 6.18 Å².